The van der Waals surface area contributed by atoms with Crippen LogP contribution in [0, 0.1) is 28.9 Å². The molecule has 8 rings (SSSR count). The molecular weight excluding hydrogens is 833 g/mol. The predicted molar refractivity (Wildman–Crippen MR) is 234 cm³/mol. The van der Waals surface area contributed by atoms with Gasteiger partial charge >= 0.3 is 10.2 Å². The molecule has 3 fully saturated rings. The number of imide groups is 1. The molecule has 0 radical (unpaired) electrons. The molecule has 3 aliphatic rings. The molecule has 2 N–H and O–H groups in total. The van der Waals surface area contributed by atoms with Crippen LogP contribution in [0.5, 0.6) is 11.5 Å². The summed E-state index contributed by atoms with van der Waals surface area (Å²) in [4.78, 5) is 49.0. The van der Waals surface area contributed by atoms with Gasteiger partial charge in [-0.3, -0.25) is 33.9 Å². The third-order valence-electron chi connectivity index (χ3n) is 12.2. The first-order chi connectivity index (χ1) is 30.3. The van der Waals surface area contributed by atoms with Crippen LogP contribution in [-0.4, -0.2) is 98.4 Å². The minimum atomic E-state index is -4.02. The van der Waals surface area contributed by atoms with Crippen LogP contribution in [0.15, 0.2) is 83.9 Å². The molecule has 5 aromatic rings. The van der Waals surface area contributed by atoms with E-state index in [4.69, 9.17) is 4.74 Å². The van der Waals surface area contributed by atoms with Gasteiger partial charge in [0.1, 0.15) is 29.5 Å². The molecule has 0 spiro atoms. The number of nitrogens with one attached hydrogen (secondary N) is 2. The highest BCUT2D eigenvalue weighted by Gasteiger charge is 2.30. The molecule has 328 valence electrons. The Morgan fingerprint density at radius 3 is 2.30 bits per heavy atom. The average molecular weight is 880 g/mol. The van der Waals surface area contributed by atoms with Crippen molar-refractivity contribution in [2.75, 3.05) is 73.9 Å². The second kappa shape index (κ2) is 18.1. The molecule has 15 nitrogen and oxygen atoms in total. The van der Waals surface area contributed by atoms with Gasteiger partial charge in [0, 0.05) is 71.5 Å². The van der Waals surface area contributed by atoms with Crippen molar-refractivity contribution in [3.63, 3.8) is 0 Å². The first-order valence-corrected chi connectivity index (χ1v) is 22.4. The highest BCUT2D eigenvalue weighted by Crippen LogP contribution is 2.35. The van der Waals surface area contributed by atoms with E-state index < -0.39 is 33.3 Å². The molecule has 18 heteroatoms. The van der Waals surface area contributed by atoms with Gasteiger partial charge in [0.25, 0.3) is 5.56 Å². The first kappa shape index (κ1) is 43.2. The largest absolute Gasteiger partial charge is 0.453 e. The quantitative estimate of drug-likeness (QED) is 0.152. The lowest BCUT2D eigenvalue weighted by Gasteiger charge is -2.40. The van der Waals surface area contributed by atoms with Crippen molar-refractivity contribution < 1.29 is 31.5 Å². The van der Waals surface area contributed by atoms with Gasteiger partial charge in [-0.05, 0) is 97.5 Å². The van der Waals surface area contributed by atoms with Gasteiger partial charge in [-0.2, -0.15) is 18.0 Å². The van der Waals surface area contributed by atoms with Crippen molar-refractivity contribution in [3.05, 3.63) is 112 Å². The highest BCUT2D eigenvalue weighted by molar-refractivity contribution is 7.90. The lowest BCUT2D eigenvalue weighted by Crippen LogP contribution is -2.49. The Morgan fingerprint density at radius 2 is 1.62 bits per heavy atom. The summed E-state index contributed by atoms with van der Waals surface area (Å²) in [6.45, 7) is 7.74. The van der Waals surface area contributed by atoms with Gasteiger partial charge in [0.15, 0.2) is 11.6 Å². The van der Waals surface area contributed by atoms with E-state index in [1.807, 2.05) is 30.3 Å². The van der Waals surface area contributed by atoms with E-state index in [2.05, 4.69) is 29.7 Å². The van der Waals surface area contributed by atoms with Crippen LogP contribution < -0.4 is 30.1 Å². The molecule has 0 saturated carbocycles. The van der Waals surface area contributed by atoms with Crippen LogP contribution in [-0.2, 0) is 19.8 Å². The fraction of sp³-hybridized carbons (Fsp3) is 0.356. The Balaban J connectivity index is 0.864. The van der Waals surface area contributed by atoms with E-state index in [0.29, 0.717) is 34.8 Å². The van der Waals surface area contributed by atoms with E-state index in [9.17, 15) is 28.1 Å². The van der Waals surface area contributed by atoms with E-state index in [0.717, 1.165) is 80.8 Å². The van der Waals surface area contributed by atoms with Crippen LogP contribution in [0.2, 0.25) is 0 Å². The Morgan fingerprint density at radius 1 is 0.889 bits per heavy atom. The summed E-state index contributed by atoms with van der Waals surface area (Å²) >= 11 is 0. The molecule has 1 atom stereocenters. The number of nitrogens with zero attached hydrogens (tertiary/aromatic N) is 7. The Kier molecular flexibility index (Phi) is 12.4. The number of hydrogen-bond donors (Lipinski definition) is 2. The topological polar surface area (TPSA) is 173 Å². The number of amides is 2. The molecule has 4 aromatic carbocycles. The smallest absolute Gasteiger partial charge is 0.301 e. The van der Waals surface area contributed by atoms with Crippen molar-refractivity contribution in [2.45, 2.75) is 38.5 Å². The fourth-order valence-electron chi connectivity index (χ4n) is 8.45. The van der Waals surface area contributed by atoms with Gasteiger partial charge in [-0.1, -0.05) is 13.0 Å². The van der Waals surface area contributed by atoms with E-state index in [1.54, 1.807) is 25.1 Å². The number of aromatic nitrogens is 2. The number of fused-ring (bicyclic) bond motifs is 1. The Labute approximate surface area is 363 Å². The van der Waals surface area contributed by atoms with Gasteiger partial charge in [0.2, 0.25) is 11.8 Å². The molecule has 0 aliphatic carbocycles. The summed E-state index contributed by atoms with van der Waals surface area (Å²) < 4.78 is 66.2. The molecule has 0 bridgehead atoms. The molecule has 1 aromatic heterocycles. The number of carbonyl (C=O) groups excluding carboxylic acids is 2. The molecule has 1 unspecified atom stereocenters. The number of piperidine rings is 2. The van der Waals surface area contributed by atoms with Gasteiger partial charge in [-0.25, -0.2) is 13.8 Å². The van der Waals surface area contributed by atoms with Crippen molar-refractivity contribution in [2.24, 2.45) is 5.92 Å². The van der Waals surface area contributed by atoms with Crippen molar-refractivity contribution in [1.82, 2.24) is 24.1 Å². The molecule has 2 amide bonds. The molecule has 3 saturated heterocycles. The van der Waals surface area contributed by atoms with Gasteiger partial charge in [-0.15, -0.1) is 0 Å². The third kappa shape index (κ3) is 9.22. The van der Waals surface area contributed by atoms with Gasteiger partial charge in [0.05, 0.1) is 33.9 Å². The summed E-state index contributed by atoms with van der Waals surface area (Å²) in [6.07, 6.45) is 3.98. The second-order valence-corrected chi connectivity index (χ2v) is 17.9. The van der Waals surface area contributed by atoms with Crippen molar-refractivity contribution in [1.29, 1.82) is 5.26 Å². The van der Waals surface area contributed by atoms with Crippen LogP contribution in [0.3, 0.4) is 0 Å². The zero-order chi connectivity index (χ0) is 44.4. The number of hydrogen-bond acceptors (Lipinski definition) is 11. The highest BCUT2D eigenvalue weighted by atomic mass is 32.2. The molecule has 4 heterocycles. The Hall–Kier alpha value is -6.42. The van der Waals surface area contributed by atoms with Crippen LogP contribution in [0.1, 0.15) is 49.7 Å². The van der Waals surface area contributed by atoms with Gasteiger partial charge < -0.3 is 14.5 Å². The predicted octanol–water partition coefficient (Wildman–Crippen LogP) is 5.50. The summed E-state index contributed by atoms with van der Waals surface area (Å²) in [5.41, 5.74) is 2.22. The number of ether oxygens (including phenoxy) is 1. The lowest BCUT2D eigenvalue weighted by atomic mass is 9.90. The maximum Gasteiger partial charge on any atom is 0.301 e. The summed E-state index contributed by atoms with van der Waals surface area (Å²) in [7, 11) is -2.66. The molecule has 3 aliphatic heterocycles. The maximum absolute atomic E-state index is 15.3. The second-order valence-electron chi connectivity index (χ2n) is 16.1. The summed E-state index contributed by atoms with van der Waals surface area (Å²) in [5.74, 6) is -2.37. The fourth-order valence-corrected chi connectivity index (χ4v) is 9.39. The lowest BCUT2D eigenvalue weighted by molar-refractivity contribution is -0.134. The number of halogens is 2. The van der Waals surface area contributed by atoms with E-state index in [1.165, 1.54) is 36.1 Å². The number of piperazine rings is 1. The molecular formula is C45H47F2N9O6S. The normalized spacial score (nSPS) is 17.8. The van der Waals surface area contributed by atoms with Crippen LogP contribution in [0.4, 0.5) is 25.8 Å². The summed E-state index contributed by atoms with van der Waals surface area (Å²) in [6, 6.07) is 21.1. The van der Waals surface area contributed by atoms with Crippen molar-refractivity contribution in [3.8, 4) is 23.3 Å². The average Bonchev–Trinajstić information content (AvgIpc) is 3.28. The van der Waals surface area contributed by atoms with Crippen LogP contribution in [0.25, 0.3) is 16.6 Å². The minimum Gasteiger partial charge on any atom is -0.453 e. The standard InChI is InChI=1S/C45H47F2N9O6S/c1-3-52(2)63(60,61)51-40-13-11-37(46)43(36(40)26-48)62-33-9-12-39-35(25-33)45(59)56(28-49-39)32-7-5-31(6-8-32)54-22-20-53(21-23-54)27-29-16-18-55(19-17-29)41-14-4-30(24-38(41)47)34-10-15-42(57)50-44(34)58/h4-9,11-14,24-25,28-29,34,51H,3,10,15-23,27H2,1-2H3,(H,50,57,58). The molecule has 63 heavy (non-hydrogen) atoms. The Bertz CT molecular complexity index is 2770. The number of anilines is 3. The monoisotopic (exact) mass is 879 g/mol. The SMILES string of the molecule is CCN(C)S(=O)(=O)Nc1ccc(F)c(Oc2ccc3ncn(-c4ccc(N5CCN(CC6CCN(c7ccc(C8CCC(=O)NC8=O)cc7F)CC6)CC5)cc4)c(=O)c3c2)c1C#N. The van der Waals surface area contributed by atoms with E-state index in [-0.39, 0.29) is 53.0 Å². The summed E-state index contributed by atoms with van der Waals surface area (Å²) in [5, 5.41) is 12.4. The third-order valence-corrected chi connectivity index (χ3v) is 13.8. The maximum atomic E-state index is 15.3. The van der Waals surface area contributed by atoms with Crippen molar-refractivity contribution >= 4 is 50.0 Å². The zero-order valence-corrected chi connectivity index (χ0v) is 35.7. The zero-order valence-electron chi connectivity index (χ0n) is 34.9. The number of carbonyl (C=O) groups is 2. The minimum absolute atomic E-state index is 0.0474. The van der Waals surface area contributed by atoms with Crippen LogP contribution >= 0.6 is 0 Å². The first-order valence-electron chi connectivity index (χ1n) is 20.9. The number of benzene rings is 4. The number of rotatable bonds is 12. The number of nitriles is 1. The van der Waals surface area contributed by atoms with E-state index >= 15 is 8.78 Å².